The summed E-state index contributed by atoms with van der Waals surface area (Å²) in [6.07, 6.45) is 3.03. The van der Waals surface area contributed by atoms with Crippen LogP contribution in [0.3, 0.4) is 0 Å². The lowest BCUT2D eigenvalue weighted by molar-refractivity contribution is -0.121. The van der Waals surface area contributed by atoms with Gasteiger partial charge in [-0.25, -0.2) is 9.97 Å². The van der Waals surface area contributed by atoms with Crippen LogP contribution < -0.4 is 10.1 Å². The first-order valence-corrected chi connectivity index (χ1v) is 10.6. The average molecular weight is 403 g/mol. The Balaban J connectivity index is 1.83. The Labute approximate surface area is 172 Å². The third kappa shape index (κ3) is 7.13. The number of likely N-dealkylation sites (N-methyl/N-ethyl adjacent to an activating group) is 1. The number of nitrogens with one attached hydrogen (secondary N) is 1. The van der Waals surface area contributed by atoms with Gasteiger partial charge in [0.05, 0.1) is 0 Å². The molecule has 0 unspecified atom stereocenters. The molecule has 1 amide bonds. The van der Waals surface area contributed by atoms with E-state index >= 15 is 0 Å². The highest BCUT2D eigenvalue weighted by atomic mass is 32.2. The Bertz CT molecular complexity index is 773. The SMILES string of the molecule is CSc1nc(C)c(CCC(=O)NCc2cccc(OCCN(C)C)c2)c(C)n1. The fraction of sp³-hybridized carbons (Fsp3) is 0.476. The minimum absolute atomic E-state index is 0.0201. The first-order chi connectivity index (χ1) is 13.4. The summed E-state index contributed by atoms with van der Waals surface area (Å²) in [6, 6.07) is 7.84. The lowest BCUT2D eigenvalue weighted by Gasteiger charge is -2.12. The lowest BCUT2D eigenvalue weighted by Crippen LogP contribution is -2.23. The molecule has 1 heterocycles. The molecule has 0 saturated carbocycles. The summed E-state index contributed by atoms with van der Waals surface area (Å²) in [7, 11) is 4.03. The van der Waals surface area contributed by atoms with Crippen molar-refractivity contribution >= 4 is 17.7 Å². The van der Waals surface area contributed by atoms with E-state index in [0.717, 1.165) is 40.0 Å². The van der Waals surface area contributed by atoms with E-state index in [1.54, 1.807) is 0 Å². The van der Waals surface area contributed by atoms with Crippen LogP contribution in [0.4, 0.5) is 0 Å². The van der Waals surface area contributed by atoms with Gasteiger partial charge in [0.1, 0.15) is 12.4 Å². The molecule has 2 rings (SSSR count). The van der Waals surface area contributed by atoms with Gasteiger partial charge in [0.25, 0.3) is 0 Å². The van der Waals surface area contributed by atoms with Crippen LogP contribution >= 0.6 is 11.8 Å². The van der Waals surface area contributed by atoms with Crippen LogP contribution in [-0.2, 0) is 17.8 Å². The van der Waals surface area contributed by atoms with Gasteiger partial charge in [0.15, 0.2) is 5.16 Å². The van der Waals surface area contributed by atoms with Crippen molar-refractivity contribution in [3.8, 4) is 5.75 Å². The van der Waals surface area contributed by atoms with Crippen molar-refractivity contribution in [2.24, 2.45) is 0 Å². The molecule has 28 heavy (non-hydrogen) atoms. The van der Waals surface area contributed by atoms with Gasteiger partial charge in [-0.1, -0.05) is 23.9 Å². The molecule has 0 fully saturated rings. The number of ether oxygens (including phenoxy) is 1. The minimum Gasteiger partial charge on any atom is -0.492 e. The number of thioether (sulfide) groups is 1. The Hall–Kier alpha value is -2.12. The Morgan fingerprint density at radius 1 is 1.21 bits per heavy atom. The highest BCUT2D eigenvalue weighted by Gasteiger charge is 2.10. The first-order valence-electron chi connectivity index (χ1n) is 9.40. The zero-order valence-electron chi connectivity index (χ0n) is 17.4. The van der Waals surface area contributed by atoms with Crippen LogP contribution in [0.5, 0.6) is 5.75 Å². The second-order valence-corrected chi connectivity index (χ2v) is 7.71. The summed E-state index contributed by atoms with van der Waals surface area (Å²) < 4.78 is 5.74. The largest absolute Gasteiger partial charge is 0.492 e. The third-order valence-corrected chi connectivity index (χ3v) is 4.93. The molecule has 0 spiro atoms. The molecule has 1 aromatic heterocycles. The van der Waals surface area contributed by atoms with Crippen LogP contribution in [0.25, 0.3) is 0 Å². The van der Waals surface area contributed by atoms with Crippen molar-refractivity contribution in [3.63, 3.8) is 0 Å². The Morgan fingerprint density at radius 2 is 1.93 bits per heavy atom. The maximum Gasteiger partial charge on any atom is 0.220 e. The molecule has 6 nitrogen and oxygen atoms in total. The van der Waals surface area contributed by atoms with E-state index in [4.69, 9.17) is 4.74 Å². The maximum absolute atomic E-state index is 12.3. The van der Waals surface area contributed by atoms with Crippen molar-refractivity contribution in [1.82, 2.24) is 20.2 Å². The van der Waals surface area contributed by atoms with Gasteiger partial charge in [-0.15, -0.1) is 0 Å². The zero-order valence-corrected chi connectivity index (χ0v) is 18.2. The fourth-order valence-corrected chi connectivity index (χ4v) is 3.24. The van der Waals surface area contributed by atoms with E-state index in [1.807, 2.05) is 58.5 Å². The molecule has 0 bridgehead atoms. The molecule has 0 radical (unpaired) electrons. The average Bonchev–Trinajstić information content (AvgIpc) is 2.65. The molecule has 0 aliphatic carbocycles. The monoisotopic (exact) mass is 402 g/mol. The molecular formula is C21H30N4O2S. The number of rotatable bonds is 10. The zero-order chi connectivity index (χ0) is 20.5. The standard InChI is InChI=1S/C21H30N4O2S/c1-15-19(16(2)24-21(23-15)28-5)9-10-20(26)22-14-17-7-6-8-18(13-17)27-12-11-25(3)4/h6-8,13H,9-12,14H2,1-5H3,(H,22,26). The summed E-state index contributed by atoms with van der Waals surface area (Å²) in [5.74, 6) is 0.845. The normalized spacial score (nSPS) is 10.9. The predicted molar refractivity (Wildman–Crippen MR) is 114 cm³/mol. The molecule has 152 valence electrons. The van der Waals surface area contributed by atoms with Gasteiger partial charge in [0.2, 0.25) is 5.91 Å². The van der Waals surface area contributed by atoms with Crippen LogP contribution in [0.15, 0.2) is 29.4 Å². The topological polar surface area (TPSA) is 67.3 Å². The number of aromatic nitrogens is 2. The summed E-state index contributed by atoms with van der Waals surface area (Å²) in [5, 5.41) is 3.76. The van der Waals surface area contributed by atoms with Gasteiger partial charge in [-0.3, -0.25) is 4.79 Å². The summed E-state index contributed by atoms with van der Waals surface area (Å²) in [5.41, 5.74) is 3.99. The maximum atomic E-state index is 12.3. The van der Waals surface area contributed by atoms with Gasteiger partial charge < -0.3 is 15.0 Å². The second kappa shape index (κ2) is 11.0. The van der Waals surface area contributed by atoms with E-state index in [2.05, 4.69) is 20.2 Å². The smallest absolute Gasteiger partial charge is 0.220 e. The highest BCUT2D eigenvalue weighted by molar-refractivity contribution is 7.98. The van der Waals surface area contributed by atoms with E-state index in [9.17, 15) is 4.79 Å². The van der Waals surface area contributed by atoms with Crippen LogP contribution in [0.1, 0.15) is 28.9 Å². The number of benzene rings is 1. The Morgan fingerprint density at radius 3 is 2.57 bits per heavy atom. The predicted octanol–water partition coefficient (Wildman–Crippen LogP) is 3.00. The summed E-state index contributed by atoms with van der Waals surface area (Å²) in [4.78, 5) is 23.3. The van der Waals surface area contributed by atoms with Crippen LogP contribution in [-0.4, -0.2) is 54.3 Å². The molecule has 0 aliphatic rings. The number of amides is 1. The second-order valence-electron chi connectivity index (χ2n) is 6.94. The molecule has 2 aromatic rings. The molecular weight excluding hydrogens is 372 g/mol. The van der Waals surface area contributed by atoms with Crippen molar-refractivity contribution in [2.75, 3.05) is 33.5 Å². The number of hydrogen-bond donors (Lipinski definition) is 1. The van der Waals surface area contributed by atoms with Gasteiger partial charge in [-0.2, -0.15) is 0 Å². The van der Waals surface area contributed by atoms with E-state index in [0.29, 0.717) is 26.0 Å². The van der Waals surface area contributed by atoms with Crippen LogP contribution in [0.2, 0.25) is 0 Å². The number of carbonyl (C=O) groups excluding carboxylic acids is 1. The van der Waals surface area contributed by atoms with Gasteiger partial charge in [-0.05, 0) is 63.9 Å². The molecule has 0 atom stereocenters. The molecule has 1 N–H and O–H groups in total. The fourth-order valence-electron chi connectivity index (χ4n) is 2.78. The van der Waals surface area contributed by atoms with E-state index < -0.39 is 0 Å². The first kappa shape index (κ1) is 22.2. The van der Waals surface area contributed by atoms with E-state index in [1.165, 1.54) is 11.8 Å². The Kier molecular flexibility index (Phi) is 8.73. The van der Waals surface area contributed by atoms with Crippen molar-refractivity contribution in [3.05, 3.63) is 46.8 Å². The molecule has 0 aliphatic heterocycles. The lowest BCUT2D eigenvalue weighted by atomic mass is 10.1. The van der Waals surface area contributed by atoms with Crippen LogP contribution in [0, 0.1) is 13.8 Å². The number of aryl methyl sites for hydroxylation is 2. The third-order valence-electron chi connectivity index (χ3n) is 4.38. The highest BCUT2D eigenvalue weighted by Crippen LogP contribution is 2.17. The molecule has 7 heteroatoms. The van der Waals surface area contributed by atoms with E-state index in [-0.39, 0.29) is 5.91 Å². The van der Waals surface area contributed by atoms with Crippen molar-refractivity contribution in [1.29, 1.82) is 0 Å². The van der Waals surface area contributed by atoms with Crippen molar-refractivity contribution < 1.29 is 9.53 Å². The summed E-state index contributed by atoms with van der Waals surface area (Å²) >= 11 is 1.53. The molecule has 1 aromatic carbocycles. The number of carbonyl (C=O) groups is 1. The molecule has 0 saturated heterocycles. The minimum atomic E-state index is 0.0201. The van der Waals surface area contributed by atoms with Gasteiger partial charge in [0, 0.05) is 30.9 Å². The number of nitrogens with zero attached hydrogens (tertiary/aromatic N) is 3. The number of hydrogen-bond acceptors (Lipinski definition) is 6. The quantitative estimate of drug-likeness (QED) is 0.487. The van der Waals surface area contributed by atoms with Crippen molar-refractivity contribution in [2.45, 2.75) is 38.4 Å². The van der Waals surface area contributed by atoms with Gasteiger partial charge >= 0.3 is 0 Å². The summed E-state index contributed by atoms with van der Waals surface area (Å²) in [6.45, 7) is 5.94.